The number of carbonyl (C=O) groups excluding carboxylic acids is 1. The third kappa shape index (κ3) is 6.42. The summed E-state index contributed by atoms with van der Waals surface area (Å²) < 4.78 is 28.3. The van der Waals surface area contributed by atoms with E-state index < -0.39 is 12.7 Å². The van der Waals surface area contributed by atoms with Gasteiger partial charge in [-0.3, -0.25) is 4.79 Å². The third-order valence-electron chi connectivity index (χ3n) is 2.97. The molecule has 0 bridgehead atoms. The number of halogens is 2. The van der Waals surface area contributed by atoms with Crippen LogP contribution in [0.4, 0.5) is 14.5 Å². The van der Waals surface area contributed by atoms with Gasteiger partial charge >= 0.3 is 6.61 Å². The van der Waals surface area contributed by atoms with Crippen molar-refractivity contribution >= 4 is 11.6 Å². The summed E-state index contributed by atoms with van der Waals surface area (Å²) in [6, 6.07) is 5.77. The van der Waals surface area contributed by atoms with Crippen molar-refractivity contribution in [2.75, 3.05) is 5.32 Å². The van der Waals surface area contributed by atoms with Crippen molar-refractivity contribution < 1.29 is 18.3 Å². The maximum absolute atomic E-state index is 12.0. The van der Waals surface area contributed by atoms with Gasteiger partial charge in [0.15, 0.2) is 0 Å². The van der Waals surface area contributed by atoms with Crippen LogP contribution in [-0.4, -0.2) is 24.6 Å². The fraction of sp³-hybridized carbons (Fsp3) is 0.533. The zero-order valence-electron chi connectivity index (χ0n) is 12.5. The van der Waals surface area contributed by atoms with Crippen LogP contribution in [0.5, 0.6) is 5.75 Å². The van der Waals surface area contributed by atoms with Crippen LogP contribution in [0.25, 0.3) is 0 Å². The molecule has 0 heterocycles. The first-order valence-corrected chi connectivity index (χ1v) is 7.04. The van der Waals surface area contributed by atoms with Crippen molar-refractivity contribution in [3.8, 4) is 5.75 Å². The molecule has 2 unspecified atom stereocenters. The van der Waals surface area contributed by atoms with Gasteiger partial charge in [-0.2, -0.15) is 8.78 Å². The van der Waals surface area contributed by atoms with Crippen molar-refractivity contribution in [1.29, 1.82) is 0 Å². The molecule has 0 fully saturated rings. The van der Waals surface area contributed by atoms with Crippen molar-refractivity contribution in [2.45, 2.75) is 52.3 Å². The van der Waals surface area contributed by atoms with E-state index in [0.29, 0.717) is 5.69 Å². The average Bonchev–Trinajstić information content (AvgIpc) is 2.40. The second-order valence-electron chi connectivity index (χ2n) is 4.97. The van der Waals surface area contributed by atoms with Gasteiger partial charge in [-0.25, -0.2) is 0 Å². The monoisotopic (exact) mass is 300 g/mol. The van der Waals surface area contributed by atoms with Crippen LogP contribution in [0.1, 0.15) is 33.6 Å². The molecule has 0 aliphatic heterocycles. The Morgan fingerprint density at radius 3 is 2.38 bits per heavy atom. The first-order chi connectivity index (χ1) is 9.92. The van der Waals surface area contributed by atoms with Crippen molar-refractivity contribution in [3.05, 3.63) is 24.3 Å². The average molecular weight is 300 g/mol. The number of benzene rings is 1. The summed E-state index contributed by atoms with van der Waals surface area (Å²) in [6.45, 7) is 2.93. The lowest BCUT2D eigenvalue weighted by Crippen LogP contribution is -2.42. The van der Waals surface area contributed by atoms with E-state index in [1.165, 1.54) is 12.1 Å². The first-order valence-electron chi connectivity index (χ1n) is 7.04. The number of anilines is 1. The number of rotatable bonds is 8. The van der Waals surface area contributed by atoms with E-state index in [4.69, 9.17) is 0 Å². The molecule has 6 heteroatoms. The Morgan fingerprint density at radius 2 is 1.86 bits per heavy atom. The maximum Gasteiger partial charge on any atom is 0.387 e. The highest BCUT2D eigenvalue weighted by atomic mass is 19.3. The van der Waals surface area contributed by atoms with Gasteiger partial charge in [0.1, 0.15) is 11.8 Å². The smallest absolute Gasteiger partial charge is 0.387 e. The van der Waals surface area contributed by atoms with Gasteiger partial charge in [-0.1, -0.05) is 13.3 Å². The molecule has 0 saturated carbocycles. The second-order valence-corrected chi connectivity index (χ2v) is 4.97. The predicted molar refractivity (Wildman–Crippen MR) is 78.7 cm³/mol. The van der Waals surface area contributed by atoms with Crippen molar-refractivity contribution in [2.24, 2.45) is 0 Å². The van der Waals surface area contributed by atoms with Crippen LogP contribution in [-0.2, 0) is 4.79 Å². The van der Waals surface area contributed by atoms with E-state index in [9.17, 15) is 13.6 Å². The van der Waals surface area contributed by atoms with Gasteiger partial charge in [0.05, 0.1) is 0 Å². The highest BCUT2D eigenvalue weighted by molar-refractivity contribution is 5.84. The Balaban J connectivity index is 2.50. The summed E-state index contributed by atoms with van der Waals surface area (Å²) in [5, 5.41) is 5.93. The van der Waals surface area contributed by atoms with E-state index in [1.54, 1.807) is 19.1 Å². The Labute approximate surface area is 123 Å². The van der Waals surface area contributed by atoms with Crippen LogP contribution in [0.3, 0.4) is 0 Å². The molecule has 0 aliphatic rings. The number of ether oxygens (including phenoxy) is 1. The van der Waals surface area contributed by atoms with Gasteiger partial charge in [0, 0.05) is 11.7 Å². The molecular formula is C15H22F2N2O2. The molecule has 1 rings (SSSR count). The zero-order chi connectivity index (χ0) is 15.8. The second kappa shape index (κ2) is 8.44. The summed E-state index contributed by atoms with van der Waals surface area (Å²) in [6.07, 6.45) is 1.94. The maximum atomic E-state index is 12.0. The van der Waals surface area contributed by atoms with Gasteiger partial charge in [0.2, 0.25) is 5.91 Å². The molecule has 1 amide bonds. The molecule has 118 valence electrons. The number of alkyl halides is 2. The minimum Gasteiger partial charge on any atom is -0.435 e. The number of nitrogens with one attached hydrogen (secondary N) is 2. The highest BCUT2D eigenvalue weighted by Crippen LogP contribution is 2.18. The summed E-state index contributed by atoms with van der Waals surface area (Å²) in [5.41, 5.74) is 0.669. The molecule has 0 saturated heterocycles. The van der Waals surface area contributed by atoms with Crippen LogP contribution < -0.4 is 15.4 Å². The number of carbonyl (C=O) groups is 1. The van der Waals surface area contributed by atoms with Gasteiger partial charge in [0.25, 0.3) is 0 Å². The first kappa shape index (κ1) is 17.2. The molecule has 0 aromatic heterocycles. The molecule has 0 radical (unpaired) electrons. The van der Waals surface area contributed by atoms with E-state index in [1.807, 2.05) is 6.92 Å². The lowest BCUT2D eigenvalue weighted by Gasteiger charge is -2.19. The minimum atomic E-state index is -2.84. The van der Waals surface area contributed by atoms with Gasteiger partial charge in [-0.05, 0) is 44.5 Å². The Hall–Kier alpha value is -1.85. The summed E-state index contributed by atoms with van der Waals surface area (Å²) in [5.74, 6) is -0.00641. The predicted octanol–water partition coefficient (Wildman–Crippen LogP) is 3.39. The fourth-order valence-electron chi connectivity index (χ4n) is 1.92. The zero-order valence-corrected chi connectivity index (χ0v) is 12.5. The molecule has 1 aromatic rings. The van der Waals surface area contributed by atoms with Crippen molar-refractivity contribution in [3.63, 3.8) is 0 Å². The van der Waals surface area contributed by atoms with Gasteiger partial charge < -0.3 is 15.4 Å². The quantitative estimate of drug-likeness (QED) is 0.773. The van der Waals surface area contributed by atoms with E-state index >= 15 is 0 Å². The molecular weight excluding hydrogens is 278 g/mol. The minimum absolute atomic E-state index is 0.0872. The van der Waals surface area contributed by atoms with Crippen LogP contribution in [0.15, 0.2) is 24.3 Å². The highest BCUT2D eigenvalue weighted by Gasteiger charge is 2.14. The van der Waals surface area contributed by atoms with Crippen LogP contribution >= 0.6 is 0 Å². The third-order valence-corrected chi connectivity index (χ3v) is 2.97. The molecule has 2 atom stereocenters. The summed E-state index contributed by atoms with van der Waals surface area (Å²) >= 11 is 0. The van der Waals surface area contributed by atoms with E-state index in [0.717, 1.165) is 12.8 Å². The van der Waals surface area contributed by atoms with Crippen LogP contribution in [0.2, 0.25) is 0 Å². The normalized spacial score (nSPS) is 13.6. The van der Waals surface area contributed by atoms with E-state index in [2.05, 4.69) is 22.3 Å². The molecule has 0 spiro atoms. The Bertz CT molecular complexity index is 438. The standard InChI is InChI=1S/C15H22F2N2O2/c1-4-5-10(2)18-14(20)11(3)19-12-6-8-13(9-7-12)21-15(16)17/h6-11,15,19H,4-5H2,1-3H3,(H,18,20). The Morgan fingerprint density at radius 1 is 1.24 bits per heavy atom. The number of hydrogen-bond acceptors (Lipinski definition) is 3. The number of amides is 1. The van der Waals surface area contributed by atoms with Crippen LogP contribution in [0, 0.1) is 0 Å². The summed E-state index contributed by atoms with van der Waals surface area (Å²) in [4.78, 5) is 11.9. The van der Waals surface area contributed by atoms with Gasteiger partial charge in [-0.15, -0.1) is 0 Å². The molecule has 21 heavy (non-hydrogen) atoms. The largest absolute Gasteiger partial charge is 0.435 e. The molecule has 0 aliphatic carbocycles. The molecule has 1 aromatic carbocycles. The summed E-state index contributed by atoms with van der Waals surface area (Å²) in [7, 11) is 0. The topological polar surface area (TPSA) is 50.4 Å². The molecule has 4 nitrogen and oxygen atoms in total. The lowest BCUT2D eigenvalue weighted by molar-refractivity contribution is -0.122. The SMILES string of the molecule is CCCC(C)NC(=O)C(C)Nc1ccc(OC(F)F)cc1. The number of hydrogen-bond donors (Lipinski definition) is 2. The lowest BCUT2D eigenvalue weighted by atomic mass is 10.2. The fourth-order valence-corrected chi connectivity index (χ4v) is 1.92. The Kier molecular flexibility index (Phi) is 6.91. The molecule has 2 N–H and O–H groups in total. The van der Waals surface area contributed by atoms with Crippen molar-refractivity contribution in [1.82, 2.24) is 5.32 Å². The van der Waals surface area contributed by atoms with E-state index in [-0.39, 0.29) is 17.7 Å².